The summed E-state index contributed by atoms with van der Waals surface area (Å²) >= 11 is 1.15. The first-order valence-corrected chi connectivity index (χ1v) is 13.3. The average molecular weight is 537 g/mol. The van der Waals surface area contributed by atoms with Gasteiger partial charge in [0.2, 0.25) is 16.1 Å². The molecule has 1 saturated heterocycles. The van der Waals surface area contributed by atoms with Gasteiger partial charge in [-0.15, -0.1) is 0 Å². The van der Waals surface area contributed by atoms with E-state index in [0.29, 0.717) is 20.5 Å². The minimum Gasteiger partial charge on any atom is -0.311 e. The van der Waals surface area contributed by atoms with Crippen molar-refractivity contribution in [3.05, 3.63) is 121 Å². The van der Waals surface area contributed by atoms with Gasteiger partial charge in [0, 0.05) is 37.8 Å². The van der Waals surface area contributed by atoms with E-state index in [-0.39, 0.29) is 17.5 Å². The first-order valence-electron chi connectivity index (χ1n) is 12.5. The molecule has 3 amide bonds. The van der Waals surface area contributed by atoms with E-state index in [1.165, 1.54) is 4.68 Å². The summed E-state index contributed by atoms with van der Waals surface area (Å²) in [6.45, 7) is 0. The van der Waals surface area contributed by atoms with Gasteiger partial charge in [0.15, 0.2) is 0 Å². The molecule has 0 radical (unpaired) electrons. The van der Waals surface area contributed by atoms with Crippen LogP contribution in [0.2, 0.25) is 0 Å². The number of carbonyl (C=O) groups is 2. The highest BCUT2D eigenvalue weighted by atomic mass is 32.1. The zero-order valence-corrected chi connectivity index (χ0v) is 22.3. The molecule has 0 aliphatic carbocycles. The summed E-state index contributed by atoms with van der Waals surface area (Å²) in [5.74, 6) is -0.243. The summed E-state index contributed by atoms with van der Waals surface area (Å²) in [5.41, 5.74) is 3.89. The molecule has 2 atom stereocenters. The number of rotatable bonds is 2. The number of nitrogens with zero attached hydrogens (tertiary/aromatic N) is 5. The number of thiazole rings is 1. The fraction of sp³-hybridized carbons (Fsp3) is 0.172. The number of fused-ring (bicyclic) bond motifs is 3. The van der Waals surface area contributed by atoms with E-state index < -0.39 is 11.3 Å². The normalized spacial score (nSPS) is 24.7. The molecular formula is C29H24N6O3S. The van der Waals surface area contributed by atoms with Crippen LogP contribution in [0.5, 0.6) is 0 Å². The number of carbonyl (C=O) groups excluding carboxylic acids is 2. The van der Waals surface area contributed by atoms with Gasteiger partial charge in [-0.3, -0.25) is 24.8 Å². The number of aromatic nitrogens is 1. The Balaban J connectivity index is 1.62. The molecule has 1 N–H and O–H groups in total. The fourth-order valence-electron chi connectivity index (χ4n) is 6.16. The Hall–Kier alpha value is -4.70. The van der Waals surface area contributed by atoms with E-state index in [2.05, 4.69) is 5.43 Å². The maximum absolute atomic E-state index is 14.1. The van der Waals surface area contributed by atoms with Gasteiger partial charge in [-0.05, 0) is 6.07 Å². The minimum atomic E-state index is -1.27. The molecule has 4 aromatic rings. The second-order valence-electron chi connectivity index (χ2n) is 9.85. The van der Waals surface area contributed by atoms with Crippen molar-refractivity contribution >= 4 is 34.5 Å². The standard InChI is InChI=1S/C29H24N6O3S/c1-32-21-17-11-10-16-20(21)22(24(32)36)23-25(37)35-26(39-23)30-28(18-12-6-4-7-13-18)29(31-35,19-14-8-5-9-15-19)34(3)27(38)33(28)2/h4-17,31H,1-3H3/b23-22-/t28-,29-/m0/s1. The fourth-order valence-corrected chi connectivity index (χ4v) is 7.21. The average Bonchev–Trinajstić information content (AvgIpc) is 3.48. The zero-order valence-electron chi connectivity index (χ0n) is 21.5. The molecule has 0 spiro atoms. The van der Waals surface area contributed by atoms with Crippen molar-refractivity contribution in [1.82, 2.24) is 14.5 Å². The first kappa shape index (κ1) is 23.4. The lowest BCUT2D eigenvalue weighted by molar-refractivity contribution is -0.112. The monoisotopic (exact) mass is 536 g/mol. The van der Waals surface area contributed by atoms with Crippen LogP contribution in [0.4, 0.5) is 10.5 Å². The Morgan fingerprint density at radius 3 is 2.08 bits per heavy atom. The molecule has 3 aliphatic heterocycles. The summed E-state index contributed by atoms with van der Waals surface area (Å²) in [6.07, 6.45) is 0. The molecule has 7 rings (SSSR count). The van der Waals surface area contributed by atoms with Crippen LogP contribution in [0, 0.1) is 0 Å². The lowest BCUT2D eigenvalue weighted by atomic mass is 9.80. The maximum Gasteiger partial charge on any atom is 0.324 e. The van der Waals surface area contributed by atoms with Crippen molar-refractivity contribution in [2.24, 2.45) is 4.99 Å². The lowest BCUT2D eigenvalue weighted by Crippen LogP contribution is -2.67. The van der Waals surface area contributed by atoms with E-state index in [1.807, 2.05) is 84.9 Å². The summed E-state index contributed by atoms with van der Waals surface area (Å²) in [5, 5.41) is 0. The molecule has 1 fully saturated rings. The number of urea groups is 1. The van der Waals surface area contributed by atoms with Gasteiger partial charge in [0.1, 0.15) is 4.53 Å². The lowest BCUT2D eigenvalue weighted by Gasteiger charge is -2.49. The molecule has 9 nitrogen and oxygen atoms in total. The third-order valence-corrected chi connectivity index (χ3v) is 9.07. The summed E-state index contributed by atoms with van der Waals surface area (Å²) in [7, 11) is 5.14. The SMILES string of the molecule is CN1C(=O)/C(=c2\sc3n(c2=O)N[C@@]2(c4ccccc4)N(C)C(=O)N(C)[C@]2(c2ccccc2)N=3)c2ccccc21. The number of hydrogen-bond donors (Lipinski definition) is 1. The molecule has 0 bridgehead atoms. The highest BCUT2D eigenvalue weighted by Gasteiger charge is 2.69. The number of amides is 3. The van der Waals surface area contributed by atoms with E-state index >= 15 is 0 Å². The molecule has 1 aromatic heterocycles. The highest BCUT2D eigenvalue weighted by Crippen LogP contribution is 2.53. The number of nitrogens with one attached hydrogen (secondary N) is 1. The van der Waals surface area contributed by atoms with Crippen LogP contribution < -0.4 is 25.2 Å². The molecule has 3 aromatic carbocycles. The van der Waals surface area contributed by atoms with Gasteiger partial charge >= 0.3 is 6.03 Å². The second kappa shape index (κ2) is 7.90. The van der Waals surface area contributed by atoms with Gasteiger partial charge in [-0.2, -0.15) is 4.68 Å². The summed E-state index contributed by atoms with van der Waals surface area (Å²) in [4.78, 5) is 51.5. The van der Waals surface area contributed by atoms with Gasteiger partial charge < -0.3 is 4.90 Å². The largest absolute Gasteiger partial charge is 0.324 e. The molecule has 3 aliphatic rings. The molecule has 10 heteroatoms. The van der Waals surface area contributed by atoms with Crippen LogP contribution in [-0.2, 0) is 16.1 Å². The Bertz CT molecular complexity index is 1870. The number of benzene rings is 3. The molecule has 4 heterocycles. The van der Waals surface area contributed by atoms with E-state index in [1.54, 1.807) is 35.8 Å². The van der Waals surface area contributed by atoms with Gasteiger partial charge in [-0.1, -0.05) is 90.2 Å². The Morgan fingerprint density at radius 1 is 0.769 bits per heavy atom. The Kier molecular flexibility index (Phi) is 4.75. The Labute approximate surface area is 227 Å². The molecule has 39 heavy (non-hydrogen) atoms. The number of likely N-dealkylation sites (N-methyl/N-ethyl adjacent to an activating group) is 3. The topological polar surface area (TPSA) is 90.2 Å². The van der Waals surface area contributed by atoms with Crippen LogP contribution in [-0.4, -0.2) is 47.6 Å². The van der Waals surface area contributed by atoms with Crippen LogP contribution in [0.1, 0.15) is 16.7 Å². The third-order valence-electron chi connectivity index (χ3n) is 8.03. The molecule has 0 saturated carbocycles. The predicted molar refractivity (Wildman–Crippen MR) is 148 cm³/mol. The van der Waals surface area contributed by atoms with Crippen LogP contribution >= 0.6 is 11.3 Å². The number of para-hydroxylation sites is 1. The Morgan fingerprint density at radius 2 is 1.38 bits per heavy atom. The minimum absolute atomic E-state index is 0.243. The van der Waals surface area contributed by atoms with Crippen LogP contribution in [0.25, 0.3) is 5.57 Å². The summed E-state index contributed by atoms with van der Waals surface area (Å²) in [6, 6.07) is 26.3. The number of hydrogen-bond acceptors (Lipinski definition) is 6. The van der Waals surface area contributed by atoms with Gasteiger partial charge in [0.25, 0.3) is 11.5 Å². The zero-order chi connectivity index (χ0) is 27.1. The van der Waals surface area contributed by atoms with Crippen molar-refractivity contribution in [2.45, 2.75) is 11.3 Å². The van der Waals surface area contributed by atoms with Gasteiger partial charge in [0.05, 0.1) is 11.3 Å². The van der Waals surface area contributed by atoms with E-state index in [0.717, 1.165) is 28.2 Å². The third kappa shape index (κ3) is 2.73. The molecule has 0 unspecified atom stereocenters. The van der Waals surface area contributed by atoms with Crippen molar-refractivity contribution in [2.75, 3.05) is 31.5 Å². The van der Waals surface area contributed by atoms with Gasteiger partial charge in [-0.25, -0.2) is 9.79 Å². The van der Waals surface area contributed by atoms with E-state index in [4.69, 9.17) is 4.99 Å². The maximum atomic E-state index is 14.1. The van der Waals surface area contributed by atoms with E-state index in [9.17, 15) is 14.4 Å². The van der Waals surface area contributed by atoms with Crippen molar-refractivity contribution < 1.29 is 9.59 Å². The number of anilines is 1. The van der Waals surface area contributed by atoms with Crippen LogP contribution in [0.15, 0.2) is 94.7 Å². The smallest absolute Gasteiger partial charge is 0.311 e. The molecule has 194 valence electrons. The van der Waals surface area contributed by atoms with Crippen molar-refractivity contribution in [1.29, 1.82) is 0 Å². The van der Waals surface area contributed by atoms with Crippen molar-refractivity contribution in [3.8, 4) is 0 Å². The van der Waals surface area contributed by atoms with Crippen molar-refractivity contribution in [3.63, 3.8) is 0 Å². The second-order valence-corrected chi connectivity index (χ2v) is 10.8. The molecular weight excluding hydrogens is 512 g/mol. The predicted octanol–water partition coefficient (Wildman–Crippen LogP) is 1.97. The van der Waals surface area contributed by atoms with Crippen LogP contribution in [0.3, 0.4) is 0 Å². The highest BCUT2D eigenvalue weighted by molar-refractivity contribution is 7.07. The summed E-state index contributed by atoms with van der Waals surface area (Å²) < 4.78 is 1.68. The first-order chi connectivity index (χ1) is 18.8. The quantitative estimate of drug-likeness (QED) is 0.424.